The van der Waals surface area contributed by atoms with Crippen molar-refractivity contribution in [2.24, 2.45) is 5.73 Å². The van der Waals surface area contributed by atoms with Gasteiger partial charge in [-0.1, -0.05) is 46.7 Å². The van der Waals surface area contributed by atoms with Crippen LogP contribution in [0.5, 0.6) is 5.75 Å². The summed E-state index contributed by atoms with van der Waals surface area (Å²) < 4.78 is 11.0. The van der Waals surface area contributed by atoms with Gasteiger partial charge in [-0.05, 0) is 23.0 Å². The molecule has 2 aromatic rings. The van der Waals surface area contributed by atoms with E-state index < -0.39 is 6.03 Å². The van der Waals surface area contributed by atoms with E-state index in [0.717, 1.165) is 16.7 Å². The van der Waals surface area contributed by atoms with E-state index in [1.54, 1.807) is 6.07 Å². The van der Waals surface area contributed by atoms with Crippen LogP contribution in [0.2, 0.25) is 0 Å². The molecule has 0 atom stereocenters. The number of hydrogen-bond acceptors (Lipinski definition) is 5. The van der Waals surface area contributed by atoms with Gasteiger partial charge >= 0.3 is 12.0 Å². The zero-order valence-electron chi connectivity index (χ0n) is 17.6. The number of aromatic nitrogens is 1. The summed E-state index contributed by atoms with van der Waals surface area (Å²) in [5, 5.41) is 6.60. The quantitative estimate of drug-likeness (QED) is 0.608. The summed E-state index contributed by atoms with van der Waals surface area (Å²) in [6.07, 6.45) is 0. The number of nitrogens with zero attached hydrogens (tertiary/aromatic N) is 1. The third kappa shape index (κ3) is 5.12. The van der Waals surface area contributed by atoms with Gasteiger partial charge in [0, 0.05) is 29.7 Å². The van der Waals surface area contributed by atoms with Crippen molar-refractivity contribution in [2.75, 3.05) is 0 Å². The second kappa shape index (κ2) is 7.66. The van der Waals surface area contributed by atoms with E-state index in [9.17, 15) is 9.59 Å². The number of nitrogens with one attached hydrogen (secondary N) is 1. The maximum Gasteiger partial charge on any atom is 0.312 e. The lowest BCUT2D eigenvalue weighted by molar-refractivity contribution is -0.132. The Hall–Kier alpha value is -2.83. The minimum absolute atomic E-state index is 0.159. The predicted octanol–water partition coefficient (Wildman–Crippen LogP) is 4.03. The van der Waals surface area contributed by atoms with Crippen LogP contribution in [-0.4, -0.2) is 17.2 Å². The Balaban J connectivity index is 2.63. The second-order valence-corrected chi connectivity index (χ2v) is 8.89. The summed E-state index contributed by atoms with van der Waals surface area (Å²) in [5.41, 5.74) is 7.86. The average Bonchev–Trinajstić information content (AvgIpc) is 2.99. The number of rotatable bonds is 4. The number of carbonyl (C=O) groups is 2. The highest BCUT2D eigenvalue weighted by molar-refractivity contribution is 5.74. The normalized spacial score (nSPS) is 12.0. The van der Waals surface area contributed by atoms with Crippen LogP contribution in [0, 0.1) is 0 Å². The smallest absolute Gasteiger partial charge is 0.312 e. The van der Waals surface area contributed by atoms with Crippen molar-refractivity contribution in [3.63, 3.8) is 0 Å². The molecule has 0 aliphatic heterocycles. The molecule has 0 saturated heterocycles. The molecule has 2 rings (SSSR count). The number of amides is 2. The van der Waals surface area contributed by atoms with Crippen LogP contribution in [0.4, 0.5) is 4.79 Å². The summed E-state index contributed by atoms with van der Waals surface area (Å²) in [6.45, 7) is 14.0. The zero-order valence-corrected chi connectivity index (χ0v) is 17.6. The molecular weight excluding hydrogens is 358 g/mol. The van der Waals surface area contributed by atoms with E-state index in [4.69, 9.17) is 15.0 Å². The van der Waals surface area contributed by atoms with E-state index in [1.165, 1.54) is 6.92 Å². The largest absolute Gasteiger partial charge is 0.426 e. The molecule has 0 radical (unpaired) electrons. The van der Waals surface area contributed by atoms with Gasteiger partial charge in [0.1, 0.15) is 11.4 Å². The van der Waals surface area contributed by atoms with E-state index in [1.807, 2.05) is 12.1 Å². The molecule has 0 aliphatic carbocycles. The first-order valence-electron chi connectivity index (χ1n) is 9.15. The first kappa shape index (κ1) is 21.5. The standard InChI is InChI=1S/C21H29N3O4/c1-12(25)27-18-15(20(2,3)4)8-13(9-16(18)21(5,6)7)17-10-14(28-24-17)11-23-19(22)26/h8-10H,11H2,1-7H3,(H3,22,23,26). The monoisotopic (exact) mass is 387 g/mol. The number of carbonyl (C=O) groups excluding carboxylic acids is 2. The summed E-state index contributed by atoms with van der Waals surface area (Å²) in [7, 11) is 0. The van der Waals surface area contributed by atoms with Crippen molar-refractivity contribution in [3.05, 3.63) is 35.1 Å². The fourth-order valence-corrected chi connectivity index (χ4v) is 2.85. The van der Waals surface area contributed by atoms with Crippen LogP contribution in [0.3, 0.4) is 0 Å². The van der Waals surface area contributed by atoms with E-state index in [2.05, 4.69) is 52.0 Å². The molecule has 0 spiro atoms. The minimum atomic E-state index is -0.631. The second-order valence-electron chi connectivity index (χ2n) is 8.89. The zero-order chi connectivity index (χ0) is 21.3. The van der Waals surface area contributed by atoms with Gasteiger partial charge in [-0.15, -0.1) is 0 Å². The Morgan fingerprint density at radius 2 is 1.61 bits per heavy atom. The molecule has 2 amide bonds. The Bertz CT molecular complexity index is 851. The molecule has 1 aromatic heterocycles. The summed E-state index contributed by atoms with van der Waals surface area (Å²) >= 11 is 0. The van der Waals surface area contributed by atoms with Gasteiger partial charge < -0.3 is 20.3 Å². The Morgan fingerprint density at radius 1 is 1.07 bits per heavy atom. The Kier molecular flexibility index (Phi) is 5.87. The van der Waals surface area contributed by atoms with Gasteiger partial charge in [0.2, 0.25) is 0 Å². The summed E-state index contributed by atoms with van der Waals surface area (Å²) in [5.74, 6) is 0.729. The topological polar surface area (TPSA) is 107 Å². The Morgan fingerprint density at radius 3 is 2.04 bits per heavy atom. The van der Waals surface area contributed by atoms with Crippen LogP contribution in [-0.2, 0) is 22.2 Å². The highest BCUT2D eigenvalue weighted by Gasteiger charge is 2.29. The molecule has 0 bridgehead atoms. The fourth-order valence-electron chi connectivity index (χ4n) is 2.85. The molecule has 1 aromatic carbocycles. The third-order valence-electron chi connectivity index (χ3n) is 4.24. The molecule has 1 heterocycles. The maximum absolute atomic E-state index is 11.8. The molecule has 152 valence electrons. The van der Waals surface area contributed by atoms with Crippen molar-refractivity contribution >= 4 is 12.0 Å². The number of primary amides is 1. The van der Waals surface area contributed by atoms with Crippen molar-refractivity contribution < 1.29 is 18.8 Å². The van der Waals surface area contributed by atoms with Crippen LogP contribution in [0.25, 0.3) is 11.3 Å². The van der Waals surface area contributed by atoms with Crippen molar-refractivity contribution in [2.45, 2.75) is 65.8 Å². The number of esters is 1. The lowest BCUT2D eigenvalue weighted by Crippen LogP contribution is -2.28. The molecule has 0 aliphatic rings. The third-order valence-corrected chi connectivity index (χ3v) is 4.24. The van der Waals surface area contributed by atoms with Crippen molar-refractivity contribution in [3.8, 4) is 17.0 Å². The van der Waals surface area contributed by atoms with Gasteiger partial charge in [0.05, 0.1) is 6.54 Å². The van der Waals surface area contributed by atoms with Crippen LogP contribution >= 0.6 is 0 Å². The molecule has 0 unspecified atom stereocenters. The van der Waals surface area contributed by atoms with Crippen LogP contribution < -0.4 is 15.8 Å². The minimum Gasteiger partial charge on any atom is -0.426 e. The van der Waals surface area contributed by atoms with Gasteiger partial charge in [-0.2, -0.15) is 0 Å². The summed E-state index contributed by atoms with van der Waals surface area (Å²) in [4.78, 5) is 22.7. The SMILES string of the molecule is CC(=O)Oc1c(C(C)(C)C)cc(-c2cc(CNC(N)=O)on2)cc1C(C)(C)C. The number of hydrogen-bond donors (Lipinski definition) is 2. The van der Waals surface area contributed by atoms with Gasteiger partial charge in [-0.25, -0.2) is 4.79 Å². The molecule has 7 nitrogen and oxygen atoms in total. The predicted molar refractivity (Wildman–Crippen MR) is 107 cm³/mol. The van der Waals surface area contributed by atoms with Gasteiger partial charge in [0.25, 0.3) is 0 Å². The maximum atomic E-state index is 11.8. The highest BCUT2D eigenvalue weighted by atomic mass is 16.5. The van der Waals surface area contributed by atoms with E-state index >= 15 is 0 Å². The molecule has 0 fully saturated rings. The lowest BCUT2D eigenvalue weighted by atomic mass is 9.78. The lowest BCUT2D eigenvalue weighted by Gasteiger charge is -2.29. The number of nitrogens with two attached hydrogens (primary N) is 1. The number of urea groups is 1. The van der Waals surface area contributed by atoms with Crippen molar-refractivity contribution in [1.29, 1.82) is 0 Å². The van der Waals surface area contributed by atoms with Crippen molar-refractivity contribution in [1.82, 2.24) is 10.5 Å². The van der Waals surface area contributed by atoms with E-state index in [-0.39, 0.29) is 23.3 Å². The molecule has 0 saturated carbocycles. The summed E-state index contributed by atoms with van der Waals surface area (Å²) in [6, 6.07) is 5.07. The first-order valence-corrected chi connectivity index (χ1v) is 9.15. The van der Waals surface area contributed by atoms with E-state index in [0.29, 0.717) is 17.2 Å². The fraction of sp³-hybridized carbons (Fsp3) is 0.476. The van der Waals surface area contributed by atoms with Gasteiger partial charge in [-0.3, -0.25) is 4.79 Å². The molecule has 7 heteroatoms. The highest BCUT2D eigenvalue weighted by Crippen LogP contribution is 2.42. The van der Waals surface area contributed by atoms with Crippen LogP contribution in [0.15, 0.2) is 22.7 Å². The molecule has 3 N–H and O–H groups in total. The van der Waals surface area contributed by atoms with Crippen LogP contribution in [0.1, 0.15) is 65.4 Å². The number of ether oxygens (including phenoxy) is 1. The Labute approximate surface area is 165 Å². The molecular formula is C21H29N3O4. The van der Waals surface area contributed by atoms with Gasteiger partial charge in [0.15, 0.2) is 5.76 Å². The number of benzene rings is 1. The average molecular weight is 387 g/mol. The molecule has 28 heavy (non-hydrogen) atoms. The first-order chi connectivity index (χ1) is 12.8.